The molecule has 0 radical (unpaired) electrons. The number of fused-ring (bicyclic) bond motifs is 1. The average molecular weight is 460 g/mol. The first-order valence-electron chi connectivity index (χ1n) is 11.9. The third-order valence-corrected chi connectivity index (χ3v) is 6.10. The lowest BCUT2D eigenvalue weighted by Crippen LogP contribution is -2.34. The topological polar surface area (TPSA) is 105 Å². The van der Waals surface area contributed by atoms with Gasteiger partial charge >= 0.3 is 12.0 Å². The van der Waals surface area contributed by atoms with Crippen molar-refractivity contribution >= 4 is 23.0 Å². The maximum absolute atomic E-state index is 13.6. The number of rotatable bonds is 13. The van der Waals surface area contributed by atoms with Gasteiger partial charge in [-0.1, -0.05) is 64.2 Å². The van der Waals surface area contributed by atoms with Crippen molar-refractivity contribution in [1.82, 2.24) is 19.5 Å². The molecule has 2 N–H and O–H groups in total. The molecule has 0 aliphatic carbocycles. The number of hydrogen-bond donors (Lipinski definition) is 1. The third kappa shape index (κ3) is 6.64. The van der Waals surface area contributed by atoms with E-state index in [1.165, 1.54) is 44.9 Å². The summed E-state index contributed by atoms with van der Waals surface area (Å²) in [6, 6.07) is 0. The highest BCUT2D eigenvalue weighted by Crippen LogP contribution is 2.38. The summed E-state index contributed by atoms with van der Waals surface area (Å²) < 4.78 is 26.7. The van der Waals surface area contributed by atoms with Crippen LogP contribution in [0.2, 0.25) is 0 Å². The van der Waals surface area contributed by atoms with Crippen LogP contribution >= 0.6 is 0 Å². The monoisotopic (exact) mass is 459 g/mol. The van der Waals surface area contributed by atoms with Gasteiger partial charge in [0.25, 0.3) is 0 Å². The summed E-state index contributed by atoms with van der Waals surface area (Å²) >= 11 is 0. The zero-order chi connectivity index (χ0) is 23.7. The largest absolute Gasteiger partial charge is 0.462 e. The number of hydrogen-bond acceptors (Lipinski definition) is 7. The summed E-state index contributed by atoms with van der Waals surface area (Å²) in [5.41, 5.74) is 5.22. The Morgan fingerprint density at radius 1 is 1.27 bits per heavy atom. The summed E-state index contributed by atoms with van der Waals surface area (Å²) in [6.07, 6.45) is 17.8. The van der Waals surface area contributed by atoms with E-state index in [0.717, 1.165) is 19.3 Å². The summed E-state index contributed by atoms with van der Waals surface area (Å²) in [7, 11) is 0. The lowest BCUT2D eigenvalue weighted by Gasteiger charge is -2.23. The Hall–Kier alpha value is -2.73. The number of unbranched alkanes of at least 4 members (excludes halogenated alkanes) is 8. The van der Waals surface area contributed by atoms with E-state index >= 15 is 0 Å². The quantitative estimate of drug-likeness (QED) is 0.200. The van der Waals surface area contributed by atoms with Crippen molar-refractivity contribution in [3.8, 4) is 12.3 Å². The number of aromatic nitrogens is 4. The van der Waals surface area contributed by atoms with Gasteiger partial charge < -0.3 is 15.2 Å². The van der Waals surface area contributed by atoms with Crippen LogP contribution < -0.4 is 5.73 Å². The number of carbonyl (C=O) groups excluding carboxylic acids is 1. The Kier molecular flexibility index (Phi) is 9.01. The number of terminal acetylenes is 1. The van der Waals surface area contributed by atoms with Gasteiger partial charge in [0.05, 0.1) is 6.33 Å². The molecular weight excluding hydrogens is 425 g/mol. The number of halogens is 1. The van der Waals surface area contributed by atoms with E-state index in [1.807, 2.05) is 0 Å². The third-order valence-electron chi connectivity index (χ3n) is 6.10. The molecule has 1 fully saturated rings. The second-order valence-corrected chi connectivity index (χ2v) is 8.69. The van der Waals surface area contributed by atoms with Crippen molar-refractivity contribution in [2.24, 2.45) is 0 Å². The van der Waals surface area contributed by atoms with Crippen molar-refractivity contribution in [3.05, 3.63) is 12.4 Å². The van der Waals surface area contributed by atoms with Gasteiger partial charge in [-0.25, -0.2) is 4.98 Å². The Bertz CT molecular complexity index is 973. The van der Waals surface area contributed by atoms with Crippen molar-refractivity contribution in [2.45, 2.75) is 95.8 Å². The average Bonchev–Trinajstić information content (AvgIpc) is 3.41. The van der Waals surface area contributed by atoms with E-state index in [2.05, 4.69) is 27.8 Å². The van der Waals surface area contributed by atoms with E-state index in [0.29, 0.717) is 24.8 Å². The number of nitrogens with two attached hydrogens (primary N) is 1. The minimum Gasteiger partial charge on any atom is -0.462 e. The van der Waals surface area contributed by atoms with Gasteiger partial charge in [0.15, 0.2) is 22.6 Å². The van der Waals surface area contributed by atoms with E-state index in [9.17, 15) is 9.18 Å². The van der Waals surface area contributed by atoms with E-state index in [-0.39, 0.29) is 24.0 Å². The second-order valence-electron chi connectivity index (χ2n) is 8.69. The van der Waals surface area contributed by atoms with Gasteiger partial charge in [-0.2, -0.15) is 14.4 Å². The number of imidazole rings is 1. The Morgan fingerprint density at radius 3 is 2.67 bits per heavy atom. The van der Waals surface area contributed by atoms with Crippen LogP contribution in [0.15, 0.2) is 6.33 Å². The molecule has 180 valence electrons. The van der Waals surface area contributed by atoms with E-state index in [1.54, 1.807) is 4.57 Å². The zero-order valence-electron chi connectivity index (χ0n) is 19.4. The SMILES string of the molecule is C#C[C@@]1(COC(=O)CCCCCCCCCCC)CC[C@H](n2cnc3c(N)nc(F)nc32)O1. The molecule has 0 saturated carbocycles. The Morgan fingerprint density at radius 2 is 1.97 bits per heavy atom. The molecule has 2 aromatic heterocycles. The highest BCUT2D eigenvalue weighted by atomic mass is 19.1. The number of nitrogen functional groups attached to an aromatic ring is 1. The van der Waals surface area contributed by atoms with Crippen LogP contribution in [-0.4, -0.2) is 37.7 Å². The first-order valence-corrected chi connectivity index (χ1v) is 11.9. The predicted octanol–water partition coefficient (Wildman–Crippen LogP) is 4.69. The van der Waals surface area contributed by atoms with Crippen LogP contribution in [0.25, 0.3) is 11.2 Å². The second kappa shape index (κ2) is 11.9. The fraction of sp³-hybridized carbons (Fsp3) is 0.667. The normalized spacial score (nSPS) is 20.2. The Balaban J connectivity index is 1.42. The molecule has 0 spiro atoms. The number of ether oxygens (including phenoxy) is 2. The molecule has 0 unspecified atom stereocenters. The molecule has 8 nitrogen and oxygen atoms in total. The van der Waals surface area contributed by atoms with Crippen LogP contribution in [0.5, 0.6) is 0 Å². The Labute approximate surface area is 194 Å². The minimum atomic E-state index is -1.04. The van der Waals surface area contributed by atoms with Crippen LogP contribution in [0.3, 0.4) is 0 Å². The van der Waals surface area contributed by atoms with Crippen molar-refractivity contribution in [1.29, 1.82) is 0 Å². The summed E-state index contributed by atoms with van der Waals surface area (Å²) in [5, 5.41) is 0. The first kappa shape index (κ1) is 24.9. The number of esters is 1. The molecule has 33 heavy (non-hydrogen) atoms. The fourth-order valence-corrected chi connectivity index (χ4v) is 4.16. The van der Waals surface area contributed by atoms with Gasteiger partial charge in [0.1, 0.15) is 12.8 Å². The van der Waals surface area contributed by atoms with Crippen LogP contribution in [0.4, 0.5) is 10.2 Å². The van der Waals surface area contributed by atoms with E-state index < -0.39 is 17.9 Å². The van der Waals surface area contributed by atoms with Crippen molar-refractivity contribution in [2.75, 3.05) is 12.3 Å². The molecule has 3 rings (SSSR count). The van der Waals surface area contributed by atoms with Crippen LogP contribution in [0, 0.1) is 18.4 Å². The molecule has 2 aromatic rings. The van der Waals surface area contributed by atoms with E-state index in [4.69, 9.17) is 21.6 Å². The smallest absolute Gasteiger partial charge is 0.312 e. The standard InChI is InChI=1S/C24H34FN5O3/c1-3-5-6-7-8-9-10-11-12-13-19(31)32-16-24(4-2)15-14-18(33-24)30-17-27-20-21(26)28-23(25)29-22(20)30/h2,17-18H,3,5-16H2,1H3,(H2,26,28,29)/t18-,24+/m1/s1. The number of anilines is 1. The van der Waals surface area contributed by atoms with Crippen molar-refractivity contribution < 1.29 is 18.7 Å². The fourth-order valence-electron chi connectivity index (χ4n) is 4.16. The minimum absolute atomic E-state index is 0.0195. The molecule has 0 amide bonds. The van der Waals surface area contributed by atoms with Crippen LogP contribution in [0.1, 0.15) is 90.2 Å². The molecule has 3 heterocycles. The molecule has 1 saturated heterocycles. The zero-order valence-corrected chi connectivity index (χ0v) is 19.4. The molecule has 1 aliphatic heterocycles. The predicted molar refractivity (Wildman–Crippen MR) is 123 cm³/mol. The molecule has 0 aromatic carbocycles. The lowest BCUT2D eigenvalue weighted by molar-refractivity contribution is -0.152. The van der Waals surface area contributed by atoms with Gasteiger partial charge in [0.2, 0.25) is 0 Å². The molecular formula is C24H34FN5O3. The highest BCUT2D eigenvalue weighted by Gasteiger charge is 2.41. The molecule has 1 aliphatic rings. The molecule has 0 bridgehead atoms. The summed E-state index contributed by atoms with van der Waals surface area (Å²) in [4.78, 5) is 23.6. The van der Waals surface area contributed by atoms with Crippen LogP contribution in [-0.2, 0) is 14.3 Å². The van der Waals surface area contributed by atoms with Gasteiger partial charge in [-0.05, 0) is 19.3 Å². The summed E-state index contributed by atoms with van der Waals surface area (Å²) in [5.74, 6) is 2.33. The van der Waals surface area contributed by atoms with Gasteiger partial charge in [0, 0.05) is 6.42 Å². The maximum atomic E-state index is 13.6. The number of carbonyl (C=O) groups is 1. The lowest BCUT2D eigenvalue weighted by atomic mass is 10.0. The summed E-state index contributed by atoms with van der Waals surface area (Å²) in [6.45, 7) is 2.20. The number of nitrogens with zero attached hydrogens (tertiary/aromatic N) is 4. The highest BCUT2D eigenvalue weighted by molar-refractivity contribution is 5.81. The van der Waals surface area contributed by atoms with Gasteiger partial charge in [-0.15, -0.1) is 6.42 Å². The molecule has 9 heteroatoms. The van der Waals surface area contributed by atoms with Crippen molar-refractivity contribution in [3.63, 3.8) is 0 Å². The van der Waals surface area contributed by atoms with Gasteiger partial charge in [-0.3, -0.25) is 9.36 Å². The molecule has 2 atom stereocenters. The first-order chi connectivity index (χ1) is 16.0. The maximum Gasteiger partial charge on any atom is 0.312 e.